The van der Waals surface area contributed by atoms with Gasteiger partial charge in [0, 0.05) is 19.7 Å². The van der Waals surface area contributed by atoms with Crippen LogP contribution in [0.5, 0.6) is 0 Å². The standard InChI is InChI=1S/C13H25N3O/c1-3-7-15-12(10-14)6-8-16(2)11-13-5-4-9-17-13/h12-13,15H,3-9,11H2,1-2H3. The first-order valence-corrected chi connectivity index (χ1v) is 6.69. The molecule has 0 radical (unpaired) electrons. The van der Waals surface area contributed by atoms with E-state index in [9.17, 15) is 0 Å². The molecule has 0 aromatic carbocycles. The maximum atomic E-state index is 8.99. The Labute approximate surface area is 105 Å². The summed E-state index contributed by atoms with van der Waals surface area (Å²) in [7, 11) is 2.11. The zero-order valence-corrected chi connectivity index (χ0v) is 11.1. The molecule has 0 bridgehead atoms. The normalized spacial score (nSPS) is 21.6. The first-order valence-electron chi connectivity index (χ1n) is 6.69. The number of rotatable bonds is 8. The van der Waals surface area contributed by atoms with Gasteiger partial charge in [-0.3, -0.25) is 0 Å². The van der Waals surface area contributed by atoms with E-state index >= 15 is 0 Å². The van der Waals surface area contributed by atoms with Crippen LogP contribution in [-0.2, 0) is 4.74 Å². The fourth-order valence-corrected chi connectivity index (χ4v) is 2.11. The Balaban J connectivity index is 2.12. The van der Waals surface area contributed by atoms with Crippen molar-refractivity contribution in [2.45, 2.75) is 44.8 Å². The fraction of sp³-hybridized carbons (Fsp3) is 0.923. The molecule has 0 amide bonds. The minimum atomic E-state index is -0.0121. The predicted octanol–water partition coefficient (Wildman–Crippen LogP) is 1.38. The van der Waals surface area contributed by atoms with Crippen molar-refractivity contribution in [1.82, 2.24) is 10.2 Å². The summed E-state index contributed by atoms with van der Waals surface area (Å²) < 4.78 is 5.60. The Morgan fingerprint density at radius 1 is 1.59 bits per heavy atom. The molecule has 1 heterocycles. The minimum absolute atomic E-state index is 0.0121. The number of hydrogen-bond donors (Lipinski definition) is 1. The Kier molecular flexibility index (Phi) is 7.18. The molecule has 17 heavy (non-hydrogen) atoms. The highest BCUT2D eigenvalue weighted by Crippen LogP contribution is 2.12. The highest BCUT2D eigenvalue weighted by atomic mass is 16.5. The Morgan fingerprint density at radius 2 is 2.41 bits per heavy atom. The van der Waals surface area contributed by atoms with Crippen LogP contribution >= 0.6 is 0 Å². The molecule has 1 rings (SSSR count). The molecule has 0 aromatic heterocycles. The van der Waals surface area contributed by atoms with Crippen molar-refractivity contribution in [2.75, 3.05) is 33.3 Å². The highest BCUT2D eigenvalue weighted by Gasteiger charge is 2.17. The fourth-order valence-electron chi connectivity index (χ4n) is 2.11. The minimum Gasteiger partial charge on any atom is -0.377 e. The van der Waals surface area contributed by atoms with Gasteiger partial charge in [-0.25, -0.2) is 0 Å². The monoisotopic (exact) mass is 239 g/mol. The zero-order valence-electron chi connectivity index (χ0n) is 11.1. The van der Waals surface area contributed by atoms with E-state index in [-0.39, 0.29) is 6.04 Å². The summed E-state index contributed by atoms with van der Waals surface area (Å²) in [5.74, 6) is 0. The third kappa shape index (κ3) is 6.02. The van der Waals surface area contributed by atoms with Crippen molar-refractivity contribution in [3.8, 4) is 6.07 Å². The van der Waals surface area contributed by atoms with Crippen molar-refractivity contribution < 1.29 is 4.74 Å². The number of nitrogens with zero attached hydrogens (tertiary/aromatic N) is 2. The van der Waals surface area contributed by atoms with Crippen LogP contribution in [0.4, 0.5) is 0 Å². The maximum absolute atomic E-state index is 8.99. The molecule has 1 aliphatic heterocycles. The second-order valence-electron chi connectivity index (χ2n) is 4.82. The van der Waals surface area contributed by atoms with Gasteiger partial charge >= 0.3 is 0 Å². The molecular weight excluding hydrogens is 214 g/mol. The summed E-state index contributed by atoms with van der Waals surface area (Å²) in [6.45, 7) is 5.90. The van der Waals surface area contributed by atoms with Gasteiger partial charge in [-0.15, -0.1) is 0 Å². The van der Waals surface area contributed by atoms with Crippen LogP contribution in [0.15, 0.2) is 0 Å². The van der Waals surface area contributed by atoms with Crippen molar-refractivity contribution in [1.29, 1.82) is 5.26 Å². The van der Waals surface area contributed by atoms with Gasteiger partial charge in [0.05, 0.1) is 18.2 Å². The van der Waals surface area contributed by atoms with E-state index in [2.05, 4.69) is 30.3 Å². The summed E-state index contributed by atoms with van der Waals surface area (Å²) in [4.78, 5) is 2.27. The highest BCUT2D eigenvalue weighted by molar-refractivity contribution is 4.90. The van der Waals surface area contributed by atoms with Gasteiger partial charge in [-0.2, -0.15) is 5.26 Å². The second-order valence-corrected chi connectivity index (χ2v) is 4.82. The average molecular weight is 239 g/mol. The molecule has 1 fully saturated rings. The van der Waals surface area contributed by atoms with Crippen molar-refractivity contribution in [3.63, 3.8) is 0 Å². The summed E-state index contributed by atoms with van der Waals surface area (Å²) in [6.07, 6.45) is 4.74. The van der Waals surface area contributed by atoms with E-state index in [0.29, 0.717) is 6.10 Å². The lowest BCUT2D eigenvalue weighted by molar-refractivity contribution is 0.0805. The number of nitriles is 1. The smallest absolute Gasteiger partial charge is 0.0965 e. The second kappa shape index (κ2) is 8.46. The van der Waals surface area contributed by atoms with Crippen molar-refractivity contribution >= 4 is 0 Å². The lowest BCUT2D eigenvalue weighted by atomic mass is 10.2. The lowest BCUT2D eigenvalue weighted by Gasteiger charge is -2.21. The van der Waals surface area contributed by atoms with Gasteiger partial charge in [0.1, 0.15) is 0 Å². The average Bonchev–Trinajstić information content (AvgIpc) is 2.82. The maximum Gasteiger partial charge on any atom is 0.0965 e. The van der Waals surface area contributed by atoms with E-state index in [1.165, 1.54) is 12.8 Å². The van der Waals surface area contributed by atoms with E-state index in [1.54, 1.807) is 0 Å². The lowest BCUT2D eigenvalue weighted by Crippen LogP contribution is -2.35. The van der Waals surface area contributed by atoms with Gasteiger partial charge in [0.15, 0.2) is 0 Å². The van der Waals surface area contributed by atoms with E-state index < -0.39 is 0 Å². The molecule has 4 nitrogen and oxygen atoms in total. The molecule has 1 saturated heterocycles. The summed E-state index contributed by atoms with van der Waals surface area (Å²) in [5.41, 5.74) is 0. The van der Waals surface area contributed by atoms with E-state index in [1.807, 2.05) is 0 Å². The molecule has 2 atom stereocenters. The summed E-state index contributed by atoms with van der Waals surface area (Å²) in [5, 5.41) is 12.2. The van der Waals surface area contributed by atoms with Crippen molar-refractivity contribution in [3.05, 3.63) is 0 Å². The largest absolute Gasteiger partial charge is 0.377 e. The third-order valence-electron chi connectivity index (χ3n) is 3.14. The van der Waals surface area contributed by atoms with Crippen LogP contribution in [0, 0.1) is 11.3 Å². The van der Waals surface area contributed by atoms with E-state index in [0.717, 1.165) is 39.1 Å². The molecule has 1 aliphatic rings. The van der Waals surface area contributed by atoms with Gasteiger partial charge in [0.2, 0.25) is 0 Å². The molecule has 2 unspecified atom stereocenters. The zero-order chi connectivity index (χ0) is 12.5. The van der Waals surface area contributed by atoms with Gasteiger partial charge in [0.25, 0.3) is 0 Å². The van der Waals surface area contributed by atoms with Crippen LogP contribution in [0.1, 0.15) is 32.6 Å². The Morgan fingerprint density at radius 3 is 3.00 bits per heavy atom. The van der Waals surface area contributed by atoms with Gasteiger partial charge in [-0.05, 0) is 39.3 Å². The Bertz CT molecular complexity index is 233. The molecular formula is C13H25N3O. The molecule has 0 spiro atoms. The van der Waals surface area contributed by atoms with Crippen LogP contribution in [-0.4, -0.2) is 50.3 Å². The van der Waals surface area contributed by atoms with Crippen molar-refractivity contribution in [2.24, 2.45) is 0 Å². The first kappa shape index (κ1) is 14.4. The van der Waals surface area contributed by atoms with Crippen LogP contribution in [0.25, 0.3) is 0 Å². The summed E-state index contributed by atoms with van der Waals surface area (Å²) in [6, 6.07) is 2.30. The predicted molar refractivity (Wildman–Crippen MR) is 68.8 cm³/mol. The number of nitrogens with one attached hydrogen (secondary N) is 1. The third-order valence-corrected chi connectivity index (χ3v) is 3.14. The van der Waals surface area contributed by atoms with Gasteiger partial charge < -0.3 is 15.0 Å². The molecule has 1 N–H and O–H groups in total. The first-order chi connectivity index (χ1) is 8.26. The molecule has 98 valence electrons. The SMILES string of the molecule is CCCNC(C#N)CCN(C)CC1CCCO1. The number of likely N-dealkylation sites (N-methyl/N-ethyl adjacent to an activating group) is 1. The van der Waals surface area contributed by atoms with Crippen LogP contribution in [0.3, 0.4) is 0 Å². The molecule has 0 aromatic rings. The topological polar surface area (TPSA) is 48.3 Å². The Hall–Kier alpha value is -0.630. The van der Waals surface area contributed by atoms with Gasteiger partial charge in [-0.1, -0.05) is 6.92 Å². The molecule has 0 saturated carbocycles. The van der Waals surface area contributed by atoms with E-state index in [4.69, 9.17) is 10.00 Å². The molecule has 0 aliphatic carbocycles. The number of hydrogen-bond acceptors (Lipinski definition) is 4. The molecule has 4 heteroatoms. The number of ether oxygens (including phenoxy) is 1. The summed E-state index contributed by atoms with van der Waals surface area (Å²) >= 11 is 0. The quantitative estimate of drug-likeness (QED) is 0.695. The van der Waals surface area contributed by atoms with Crippen LogP contribution in [0.2, 0.25) is 0 Å². The van der Waals surface area contributed by atoms with Crippen LogP contribution < -0.4 is 5.32 Å².